The van der Waals surface area contributed by atoms with Crippen LogP contribution in [0.1, 0.15) is 47.5 Å². The zero-order chi connectivity index (χ0) is 22.0. The van der Waals surface area contributed by atoms with Crippen molar-refractivity contribution in [2.45, 2.75) is 65.7 Å². The lowest BCUT2D eigenvalue weighted by molar-refractivity contribution is -0.122. The third-order valence-corrected chi connectivity index (χ3v) is 6.05. The molecule has 0 aliphatic rings. The van der Waals surface area contributed by atoms with Crippen molar-refractivity contribution < 1.29 is 23.2 Å². The Kier molecular flexibility index (Phi) is 10.9. The van der Waals surface area contributed by atoms with Gasteiger partial charge in [0.05, 0.1) is 12.2 Å². The summed E-state index contributed by atoms with van der Waals surface area (Å²) in [4.78, 5) is 24.9. The summed E-state index contributed by atoms with van der Waals surface area (Å²) in [6, 6.07) is 5.80. The first-order valence-corrected chi connectivity index (χ1v) is 12.1. The third kappa shape index (κ3) is 10.3. The average molecular weight is 492 g/mol. The molecule has 0 bridgehead atoms. The lowest BCUT2D eigenvalue weighted by Gasteiger charge is -2.24. The highest BCUT2D eigenvalue weighted by atomic mass is 79.9. The number of benzene rings is 1. The van der Waals surface area contributed by atoms with Gasteiger partial charge in [0.15, 0.2) is 0 Å². The van der Waals surface area contributed by atoms with Gasteiger partial charge >= 0.3 is 13.6 Å². The van der Waals surface area contributed by atoms with Crippen molar-refractivity contribution in [2.24, 2.45) is 0 Å². The van der Waals surface area contributed by atoms with Crippen LogP contribution >= 0.6 is 23.5 Å². The Hall–Kier alpha value is -1.41. The van der Waals surface area contributed by atoms with Crippen LogP contribution in [0, 0.1) is 0 Å². The highest BCUT2D eigenvalue weighted by Crippen LogP contribution is 2.49. The van der Waals surface area contributed by atoms with E-state index in [4.69, 9.17) is 9.05 Å². The number of nitrogens with one attached hydrogen (secondary N) is 3. The van der Waals surface area contributed by atoms with Gasteiger partial charge < -0.3 is 25.0 Å². The summed E-state index contributed by atoms with van der Waals surface area (Å²) in [7, 11) is -3.50. The lowest BCUT2D eigenvalue weighted by Crippen LogP contribution is -2.48. The normalized spacial score (nSPS) is 12.7. The topological polar surface area (TPSA) is 106 Å². The first kappa shape index (κ1) is 25.6. The molecule has 3 N–H and O–H groups in total. The summed E-state index contributed by atoms with van der Waals surface area (Å²) in [6.45, 7) is 8.87. The number of carbonyl (C=O) groups excluding carboxylic acids is 2. The van der Waals surface area contributed by atoms with Crippen LogP contribution in [0.2, 0.25) is 0 Å². The Labute approximate surface area is 181 Å². The SMILES string of the molecule is CCCC(NC(=O)Nc1ccc(Br)cc1)C(=O)NCP(=O)(OC(C)C)OC(C)C. The van der Waals surface area contributed by atoms with E-state index in [-0.39, 0.29) is 18.5 Å². The Balaban J connectivity index is 2.71. The van der Waals surface area contributed by atoms with Crippen LogP contribution in [0.15, 0.2) is 28.7 Å². The molecular formula is C19H31BrN3O5P. The number of anilines is 1. The van der Waals surface area contributed by atoms with Crippen molar-refractivity contribution in [3.05, 3.63) is 28.7 Å². The Morgan fingerprint density at radius 3 is 2.10 bits per heavy atom. The zero-order valence-electron chi connectivity index (χ0n) is 17.5. The molecule has 1 aromatic carbocycles. The van der Waals surface area contributed by atoms with Gasteiger partial charge in [0.1, 0.15) is 12.3 Å². The standard InChI is InChI=1S/C19H31BrN3O5P/c1-6-7-17(23-19(25)22-16-10-8-15(20)9-11-16)18(24)21-12-29(26,27-13(2)3)28-14(4)5/h8-11,13-14,17H,6-7,12H2,1-5H3,(H,21,24)(H2,22,23,25). The molecule has 1 atom stereocenters. The molecule has 0 saturated carbocycles. The molecule has 1 unspecified atom stereocenters. The molecule has 0 aliphatic carbocycles. The predicted molar refractivity (Wildman–Crippen MR) is 118 cm³/mol. The third-order valence-electron chi connectivity index (χ3n) is 3.49. The number of hydrogen-bond donors (Lipinski definition) is 3. The van der Waals surface area contributed by atoms with Crippen LogP contribution in [-0.2, 0) is 18.4 Å². The van der Waals surface area contributed by atoms with Gasteiger partial charge in [0.25, 0.3) is 0 Å². The fourth-order valence-electron chi connectivity index (χ4n) is 2.46. The number of urea groups is 1. The van der Waals surface area contributed by atoms with Gasteiger partial charge in [-0.3, -0.25) is 9.36 Å². The second kappa shape index (κ2) is 12.3. The van der Waals surface area contributed by atoms with Crippen molar-refractivity contribution in [2.75, 3.05) is 11.6 Å². The first-order chi connectivity index (χ1) is 13.5. The zero-order valence-corrected chi connectivity index (χ0v) is 20.0. The molecule has 0 fully saturated rings. The molecule has 0 spiro atoms. The minimum absolute atomic E-state index is 0.265. The minimum atomic E-state index is -3.50. The molecule has 10 heteroatoms. The molecule has 0 saturated heterocycles. The Bertz CT molecular complexity index is 698. The van der Waals surface area contributed by atoms with Crippen LogP contribution in [-0.4, -0.2) is 36.5 Å². The maximum atomic E-state index is 12.8. The number of amides is 3. The number of carbonyl (C=O) groups is 2. The second-order valence-corrected chi connectivity index (χ2v) is 9.94. The molecule has 8 nitrogen and oxygen atoms in total. The van der Waals surface area contributed by atoms with E-state index in [1.54, 1.807) is 52.0 Å². The van der Waals surface area contributed by atoms with Crippen molar-refractivity contribution in [1.82, 2.24) is 10.6 Å². The molecule has 1 aromatic rings. The van der Waals surface area contributed by atoms with Gasteiger partial charge in [-0.05, 0) is 58.4 Å². The van der Waals surface area contributed by atoms with Gasteiger partial charge in [-0.1, -0.05) is 29.3 Å². The van der Waals surface area contributed by atoms with Gasteiger partial charge in [-0.2, -0.15) is 0 Å². The maximum absolute atomic E-state index is 12.8. The highest BCUT2D eigenvalue weighted by Gasteiger charge is 2.30. The number of halogens is 1. The van der Waals surface area contributed by atoms with E-state index in [1.165, 1.54) is 0 Å². The molecule has 29 heavy (non-hydrogen) atoms. The van der Waals surface area contributed by atoms with Crippen LogP contribution in [0.4, 0.5) is 10.5 Å². The van der Waals surface area contributed by atoms with Crippen molar-refractivity contribution >= 4 is 41.2 Å². The molecule has 0 aromatic heterocycles. The van der Waals surface area contributed by atoms with Gasteiger partial charge in [-0.15, -0.1) is 0 Å². The fourth-order valence-corrected chi connectivity index (χ4v) is 4.55. The van der Waals surface area contributed by atoms with Crippen LogP contribution in [0.25, 0.3) is 0 Å². The van der Waals surface area contributed by atoms with E-state index < -0.39 is 25.6 Å². The summed E-state index contributed by atoms with van der Waals surface area (Å²) >= 11 is 3.33. The molecular weight excluding hydrogens is 461 g/mol. The van der Waals surface area contributed by atoms with Crippen LogP contribution < -0.4 is 16.0 Å². The van der Waals surface area contributed by atoms with Gasteiger partial charge in [0.2, 0.25) is 5.91 Å². The maximum Gasteiger partial charge on any atom is 0.350 e. The smallest absolute Gasteiger partial charge is 0.343 e. The molecule has 0 radical (unpaired) electrons. The molecule has 164 valence electrons. The molecule has 0 heterocycles. The van der Waals surface area contributed by atoms with Crippen molar-refractivity contribution in [3.8, 4) is 0 Å². The summed E-state index contributed by atoms with van der Waals surface area (Å²) < 4.78 is 24.6. The van der Waals surface area contributed by atoms with Crippen LogP contribution in [0.5, 0.6) is 0 Å². The highest BCUT2D eigenvalue weighted by molar-refractivity contribution is 9.10. The van der Waals surface area contributed by atoms with Crippen molar-refractivity contribution in [3.63, 3.8) is 0 Å². The first-order valence-electron chi connectivity index (χ1n) is 9.61. The minimum Gasteiger partial charge on any atom is -0.343 e. The molecule has 3 amide bonds. The van der Waals surface area contributed by atoms with E-state index in [0.29, 0.717) is 18.5 Å². The lowest BCUT2D eigenvalue weighted by atomic mass is 10.1. The second-order valence-electron chi connectivity index (χ2n) is 7.06. The van der Waals surface area contributed by atoms with E-state index >= 15 is 0 Å². The summed E-state index contributed by atoms with van der Waals surface area (Å²) in [6.07, 6.45) is 0.202. The number of hydrogen-bond acceptors (Lipinski definition) is 5. The predicted octanol–water partition coefficient (Wildman–Crippen LogP) is 4.86. The quantitative estimate of drug-likeness (QED) is 0.383. The van der Waals surface area contributed by atoms with Crippen molar-refractivity contribution in [1.29, 1.82) is 0 Å². The molecule has 0 aliphatic heterocycles. The van der Waals surface area contributed by atoms with E-state index in [9.17, 15) is 14.2 Å². The van der Waals surface area contributed by atoms with Gasteiger partial charge in [0, 0.05) is 10.2 Å². The van der Waals surface area contributed by atoms with E-state index in [2.05, 4.69) is 31.9 Å². The fraction of sp³-hybridized carbons (Fsp3) is 0.579. The molecule has 1 rings (SSSR count). The average Bonchev–Trinajstić information content (AvgIpc) is 2.60. The Morgan fingerprint density at radius 1 is 1.07 bits per heavy atom. The summed E-state index contributed by atoms with van der Waals surface area (Å²) in [5.41, 5.74) is 0.599. The monoisotopic (exact) mass is 491 g/mol. The summed E-state index contributed by atoms with van der Waals surface area (Å²) in [5.74, 6) is -0.447. The van der Waals surface area contributed by atoms with Gasteiger partial charge in [-0.25, -0.2) is 4.79 Å². The summed E-state index contributed by atoms with van der Waals surface area (Å²) in [5, 5.41) is 7.93. The van der Waals surface area contributed by atoms with E-state index in [0.717, 1.165) is 4.47 Å². The number of rotatable bonds is 11. The van der Waals surface area contributed by atoms with E-state index in [1.807, 2.05) is 6.92 Å². The largest absolute Gasteiger partial charge is 0.350 e. The van der Waals surface area contributed by atoms with Crippen LogP contribution in [0.3, 0.4) is 0 Å². The Morgan fingerprint density at radius 2 is 1.62 bits per heavy atom.